The van der Waals surface area contributed by atoms with Gasteiger partial charge >= 0.3 is 0 Å². The monoisotopic (exact) mass is 250 g/mol. The lowest BCUT2D eigenvalue weighted by atomic mass is 9.85. The number of hydrogen-bond donors (Lipinski definition) is 3. The number of nitrogens with two attached hydrogens (primary N) is 1. The summed E-state index contributed by atoms with van der Waals surface area (Å²) in [6.45, 7) is 6.19. The Balaban J connectivity index is 2.71. The van der Waals surface area contributed by atoms with Crippen LogP contribution in [0.15, 0.2) is 18.2 Å². The Labute approximate surface area is 108 Å². The van der Waals surface area contributed by atoms with Crippen LogP contribution in [0.5, 0.6) is 5.75 Å². The molecule has 0 radical (unpaired) electrons. The van der Waals surface area contributed by atoms with E-state index in [1.165, 1.54) is 0 Å². The van der Waals surface area contributed by atoms with E-state index in [4.69, 9.17) is 5.84 Å². The highest BCUT2D eigenvalue weighted by Gasteiger charge is 2.18. The minimum atomic E-state index is -0.148. The fraction of sp³-hybridized carbons (Fsp3) is 0.500. The summed E-state index contributed by atoms with van der Waals surface area (Å²) in [6.07, 6.45) is 1.97. The van der Waals surface area contributed by atoms with Gasteiger partial charge in [-0.25, -0.2) is 5.84 Å². The molecule has 0 heterocycles. The maximum absolute atomic E-state index is 11.0. The van der Waals surface area contributed by atoms with Gasteiger partial charge < -0.3 is 5.11 Å². The molecule has 1 aromatic carbocycles. The molecule has 0 aliphatic heterocycles. The van der Waals surface area contributed by atoms with Crippen LogP contribution in [0, 0.1) is 0 Å². The molecule has 4 heteroatoms. The molecule has 0 aliphatic rings. The standard InChI is InChI=1S/C14H22N2O2/c1-14(2,3)11-9-10(7-8-12(11)17)5-4-6-13(18)16-15/h7-9,17H,4-6,15H2,1-3H3,(H,16,18). The van der Waals surface area contributed by atoms with Crippen LogP contribution in [0.4, 0.5) is 0 Å². The van der Waals surface area contributed by atoms with Crippen molar-refractivity contribution in [1.82, 2.24) is 5.43 Å². The van der Waals surface area contributed by atoms with Gasteiger partial charge in [0.25, 0.3) is 0 Å². The molecule has 0 bridgehead atoms. The third kappa shape index (κ3) is 4.04. The number of rotatable bonds is 4. The molecule has 0 saturated heterocycles. The van der Waals surface area contributed by atoms with Gasteiger partial charge in [-0.1, -0.05) is 32.9 Å². The first-order chi connectivity index (χ1) is 8.34. The first-order valence-corrected chi connectivity index (χ1v) is 6.16. The first-order valence-electron chi connectivity index (χ1n) is 6.16. The zero-order chi connectivity index (χ0) is 13.8. The van der Waals surface area contributed by atoms with Gasteiger partial charge in [-0.2, -0.15) is 0 Å². The second-order valence-corrected chi connectivity index (χ2v) is 5.52. The van der Waals surface area contributed by atoms with Crippen LogP contribution < -0.4 is 11.3 Å². The Morgan fingerprint density at radius 2 is 2.06 bits per heavy atom. The number of phenolic OH excluding ortho intramolecular Hbond substituents is 1. The van der Waals surface area contributed by atoms with Crippen LogP contribution in [0.2, 0.25) is 0 Å². The predicted octanol–water partition coefficient (Wildman–Crippen LogP) is 2.00. The van der Waals surface area contributed by atoms with Crippen LogP contribution in [-0.2, 0) is 16.6 Å². The molecule has 4 N–H and O–H groups in total. The summed E-state index contributed by atoms with van der Waals surface area (Å²) in [6, 6.07) is 5.62. The van der Waals surface area contributed by atoms with Crippen molar-refractivity contribution in [2.75, 3.05) is 0 Å². The molecule has 0 saturated carbocycles. The van der Waals surface area contributed by atoms with E-state index < -0.39 is 0 Å². The van der Waals surface area contributed by atoms with Gasteiger partial charge in [0.1, 0.15) is 5.75 Å². The summed E-state index contributed by atoms with van der Waals surface area (Å²) in [5.74, 6) is 5.20. The van der Waals surface area contributed by atoms with Gasteiger partial charge in [0.05, 0.1) is 0 Å². The van der Waals surface area contributed by atoms with Crippen molar-refractivity contribution in [3.63, 3.8) is 0 Å². The topological polar surface area (TPSA) is 75.4 Å². The van der Waals surface area contributed by atoms with E-state index in [1.54, 1.807) is 6.07 Å². The van der Waals surface area contributed by atoms with E-state index in [1.807, 2.05) is 12.1 Å². The average Bonchev–Trinajstić information content (AvgIpc) is 2.29. The fourth-order valence-electron chi connectivity index (χ4n) is 1.86. The number of carbonyl (C=O) groups is 1. The quantitative estimate of drug-likeness (QED) is 0.434. The Morgan fingerprint density at radius 1 is 1.39 bits per heavy atom. The van der Waals surface area contributed by atoms with Crippen LogP contribution >= 0.6 is 0 Å². The summed E-state index contributed by atoms with van der Waals surface area (Å²) in [4.78, 5) is 11.0. The highest BCUT2D eigenvalue weighted by molar-refractivity contribution is 5.75. The van der Waals surface area contributed by atoms with E-state index >= 15 is 0 Å². The number of nitrogens with one attached hydrogen (secondary N) is 1. The molecule has 0 aromatic heterocycles. The molecular formula is C14H22N2O2. The molecule has 0 fully saturated rings. The summed E-state index contributed by atoms with van der Waals surface area (Å²) in [5.41, 5.74) is 4.09. The molecular weight excluding hydrogens is 228 g/mol. The number of carbonyl (C=O) groups excluding carboxylic acids is 1. The maximum atomic E-state index is 11.0. The number of amides is 1. The van der Waals surface area contributed by atoms with Crippen molar-refractivity contribution in [3.8, 4) is 5.75 Å². The average molecular weight is 250 g/mol. The summed E-state index contributed by atoms with van der Waals surface area (Å²) in [7, 11) is 0. The normalized spacial score (nSPS) is 11.3. The third-order valence-corrected chi connectivity index (χ3v) is 2.90. The largest absolute Gasteiger partial charge is 0.508 e. The molecule has 1 amide bonds. The van der Waals surface area contributed by atoms with E-state index in [0.717, 1.165) is 24.0 Å². The molecule has 0 aliphatic carbocycles. The minimum absolute atomic E-state index is 0.0886. The second kappa shape index (κ2) is 5.87. The lowest BCUT2D eigenvalue weighted by Gasteiger charge is -2.21. The zero-order valence-electron chi connectivity index (χ0n) is 11.3. The van der Waals surface area contributed by atoms with Gasteiger partial charge in [-0.15, -0.1) is 0 Å². The predicted molar refractivity (Wildman–Crippen MR) is 72.1 cm³/mol. The van der Waals surface area contributed by atoms with E-state index in [2.05, 4.69) is 26.2 Å². The van der Waals surface area contributed by atoms with Crippen molar-refractivity contribution in [2.45, 2.75) is 45.4 Å². The molecule has 1 rings (SSSR count). The molecule has 0 atom stereocenters. The first kappa shape index (κ1) is 14.5. The summed E-state index contributed by atoms with van der Waals surface area (Å²) < 4.78 is 0. The van der Waals surface area contributed by atoms with Crippen LogP contribution in [0.25, 0.3) is 0 Å². The van der Waals surface area contributed by atoms with Crippen molar-refractivity contribution in [1.29, 1.82) is 0 Å². The Bertz CT molecular complexity index is 422. The van der Waals surface area contributed by atoms with Crippen molar-refractivity contribution >= 4 is 5.91 Å². The number of phenols is 1. The number of hydrogen-bond acceptors (Lipinski definition) is 3. The van der Waals surface area contributed by atoms with Gasteiger partial charge in [0, 0.05) is 6.42 Å². The van der Waals surface area contributed by atoms with Crippen molar-refractivity contribution in [3.05, 3.63) is 29.3 Å². The molecule has 0 unspecified atom stereocenters. The number of hydrazine groups is 1. The summed E-state index contributed by atoms with van der Waals surface area (Å²) in [5, 5.41) is 9.84. The smallest absolute Gasteiger partial charge is 0.233 e. The summed E-state index contributed by atoms with van der Waals surface area (Å²) >= 11 is 0. The SMILES string of the molecule is CC(C)(C)c1cc(CCCC(=O)NN)ccc1O. The molecule has 18 heavy (non-hydrogen) atoms. The minimum Gasteiger partial charge on any atom is -0.508 e. The number of benzene rings is 1. The van der Waals surface area contributed by atoms with Crippen molar-refractivity contribution in [2.24, 2.45) is 5.84 Å². The third-order valence-electron chi connectivity index (χ3n) is 2.90. The molecule has 1 aromatic rings. The lowest BCUT2D eigenvalue weighted by Crippen LogP contribution is -2.29. The molecule has 0 spiro atoms. The zero-order valence-corrected chi connectivity index (χ0v) is 11.3. The van der Waals surface area contributed by atoms with Crippen LogP contribution in [0.1, 0.15) is 44.7 Å². The number of aryl methyl sites for hydroxylation is 1. The Morgan fingerprint density at radius 3 is 2.61 bits per heavy atom. The lowest BCUT2D eigenvalue weighted by molar-refractivity contribution is -0.121. The van der Waals surface area contributed by atoms with Gasteiger partial charge in [0.15, 0.2) is 0 Å². The van der Waals surface area contributed by atoms with Crippen LogP contribution in [0.3, 0.4) is 0 Å². The van der Waals surface area contributed by atoms with Crippen LogP contribution in [-0.4, -0.2) is 11.0 Å². The molecule has 4 nitrogen and oxygen atoms in total. The van der Waals surface area contributed by atoms with Gasteiger partial charge in [-0.3, -0.25) is 10.2 Å². The number of aromatic hydroxyl groups is 1. The second-order valence-electron chi connectivity index (χ2n) is 5.52. The maximum Gasteiger partial charge on any atom is 0.233 e. The van der Waals surface area contributed by atoms with E-state index in [-0.39, 0.29) is 11.3 Å². The molecule has 100 valence electrons. The fourth-order valence-corrected chi connectivity index (χ4v) is 1.86. The van der Waals surface area contributed by atoms with Gasteiger partial charge in [0.2, 0.25) is 5.91 Å². The van der Waals surface area contributed by atoms with Gasteiger partial charge in [-0.05, 0) is 35.4 Å². The highest BCUT2D eigenvalue weighted by atomic mass is 16.3. The van der Waals surface area contributed by atoms with Crippen molar-refractivity contribution < 1.29 is 9.90 Å². The van der Waals surface area contributed by atoms with E-state index in [0.29, 0.717) is 12.2 Å². The Hall–Kier alpha value is -1.55. The van der Waals surface area contributed by atoms with E-state index in [9.17, 15) is 9.90 Å². The highest BCUT2D eigenvalue weighted by Crippen LogP contribution is 2.31. The Kier molecular flexibility index (Phi) is 4.73.